The molecule has 0 saturated heterocycles. The first-order chi connectivity index (χ1) is 14.7. The molecule has 0 radical (unpaired) electrons. The molecule has 0 aliphatic heterocycles. The van der Waals surface area contributed by atoms with Crippen LogP contribution in [0.15, 0.2) is 0 Å². The molecule has 0 bridgehead atoms. The Balaban J connectivity index is 1.54. The minimum absolute atomic E-state index is 0.0409. The Kier molecular flexibility index (Phi) is 5.01. The maximum Gasteiger partial charge on any atom is 0.0594 e. The van der Waals surface area contributed by atoms with E-state index in [9.17, 15) is 10.2 Å². The summed E-state index contributed by atoms with van der Waals surface area (Å²) < 4.78 is 0. The summed E-state index contributed by atoms with van der Waals surface area (Å²) in [5.74, 6) is 2.86. The fourth-order valence-corrected chi connectivity index (χ4v) is 12.1. The second-order valence-electron chi connectivity index (χ2n) is 15.5. The van der Waals surface area contributed by atoms with E-state index in [2.05, 4.69) is 55.4 Å². The van der Waals surface area contributed by atoms with Crippen LogP contribution in [0, 0.1) is 56.2 Å². The summed E-state index contributed by atoms with van der Waals surface area (Å²) in [5.41, 5.74) is 1.60. The van der Waals surface area contributed by atoms with Crippen LogP contribution < -0.4 is 0 Å². The Labute approximate surface area is 198 Å². The van der Waals surface area contributed by atoms with Crippen LogP contribution in [0.25, 0.3) is 0 Å². The average Bonchev–Trinajstić information content (AvgIpc) is 2.69. The number of aliphatic hydroxyl groups is 2. The van der Waals surface area contributed by atoms with E-state index in [1.807, 2.05) is 0 Å². The second-order valence-corrected chi connectivity index (χ2v) is 15.5. The van der Waals surface area contributed by atoms with Crippen LogP contribution in [0.4, 0.5) is 0 Å². The van der Waals surface area contributed by atoms with Crippen molar-refractivity contribution < 1.29 is 10.2 Å². The summed E-state index contributed by atoms with van der Waals surface area (Å²) >= 11 is 0. The van der Waals surface area contributed by atoms with E-state index < -0.39 is 0 Å². The van der Waals surface area contributed by atoms with E-state index in [0.717, 1.165) is 24.7 Å². The molecule has 0 aromatic rings. The van der Waals surface area contributed by atoms with E-state index in [0.29, 0.717) is 33.5 Å². The van der Waals surface area contributed by atoms with Gasteiger partial charge in [-0.2, -0.15) is 0 Å². The molecule has 2 N–H and O–H groups in total. The zero-order valence-electron chi connectivity index (χ0n) is 22.4. The monoisotopic (exact) mass is 444 g/mol. The summed E-state index contributed by atoms with van der Waals surface area (Å²) in [6.07, 6.45) is 12.1. The molecule has 32 heavy (non-hydrogen) atoms. The largest absolute Gasteiger partial charge is 0.393 e. The van der Waals surface area contributed by atoms with Crippen LogP contribution in [-0.2, 0) is 0 Å². The molecule has 2 nitrogen and oxygen atoms in total. The van der Waals surface area contributed by atoms with Gasteiger partial charge in [0.05, 0.1) is 12.2 Å². The number of rotatable bonds is 0. The summed E-state index contributed by atoms with van der Waals surface area (Å²) in [4.78, 5) is 0. The molecule has 0 unspecified atom stereocenters. The van der Waals surface area contributed by atoms with Gasteiger partial charge in [-0.3, -0.25) is 0 Å². The highest BCUT2D eigenvalue weighted by Gasteiger charge is 2.71. The lowest BCUT2D eigenvalue weighted by Crippen LogP contribution is -2.68. The molecule has 0 amide bonds. The Morgan fingerprint density at radius 3 is 1.12 bits per heavy atom. The van der Waals surface area contributed by atoms with Crippen LogP contribution in [0.1, 0.15) is 120 Å². The zero-order chi connectivity index (χ0) is 23.5. The zero-order valence-corrected chi connectivity index (χ0v) is 22.4. The highest BCUT2D eigenvalue weighted by atomic mass is 16.3. The van der Waals surface area contributed by atoms with Crippen LogP contribution in [-0.4, -0.2) is 22.4 Å². The van der Waals surface area contributed by atoms with Gasteiger partial charge in [-0.25, -0.2) is 0 Å². The van der Waals surface area contributed by atoms with Gasteiger partial charge < -0.3 is 10.2 Å². The van der Waals surface area contributed by atoms with E-state index in [4.69, 9.17) is 0 Å². The van der Waals surface area contributed by atoms with Crippen molar-refractivity contribution in [3.05, 3.63) is 0 Å². The molecule has 0 aromatic heterocycles. The molecule has 5 aliphatic rings. The highest BCUT2D eigenvalue weighted by molar-refractivity contribution is 5.20. The van der Waals surface area contributed by atoms with Crippen molar-refractivity contribution in [3.63, 3.8) is 0 Å². The fraction of sp³-hybridized carbons (Fsp3) is 1.00. The molecular weight excluding hydrogens is 392 g/mol. The average molecular weight is 445 g/mol. The highest BCUT2D eigenvalue weighted by Crippen LogP contribution is 2.78. The Morgan fingerprint density at radius 2 is 0.781 bits per heavy atom. The molecule has 5 aliphatic carbocycles. The van der Waals surface area contributed by atoms with Crippen LogP contribution in [0.5, 0.6) is 0 Å². The van der Waals surface area contributed by atoms with Gasteiger partial charge in [0.25, 0.3) is 0 Å². The smallest absolute Gasteiger partial charge is 0.0594 e. The van der Waals surface area contributed by atoms with Gasteiger partial charge in [0, 0.05) is 0 Å². The van der Waals surface area contributed by atoms with Crippen LogP contribution in [0.3, 0.4) is 0 Å². The first-order valence-electron chi connectivity index (χ1n) is 14.0. The molecule has 5 fully saturated rings. The fourth-order valence-electron chi connectivity index (χ4n) is 12.1. The second kappa shape index (κ2) is 6.77. The third-order valence-electron chi connectivity index (χ3n) is 14.1. The standard InChI is InChI=1S/C30H52O2/c1-25(2)19-11-17-29(7)21(27(19,5)15-13-23(25)31)9-10-22-28(6)16-14-24(32)26(3,4)20(28)12-18-30(22,29)8/h19-24,31-32H,9-18H2,1-8H3/t19-,20-,21+,22+,23-,24-,27-,28-,29+,30+/m0/s1. The summed E-state index contributed by atoms with van der Waals surface area (Å²) in [5, 5.41) is 21.8. The van der Waals surface area contributed by atoms with Gasteiger partial charge in [-0.15, -0.1) is 0 Å². The maximum absolute atomic E-state index is 10.9. The first kappa shape index (κ1) is 23.7. The lowest BCUT2D eigenvalue weighted by molar-refractivity contribution is -0.270. The topological polar surface area (TPSA) is 40.5 Å². The van der Waals surface area contributed by atoms with Crippen molar-refractivity contribution in [3.8, 4) is 0 Å². The molecule has 0 heterocycles. The Morgan fingerprint density at radius 1 is 0.438 bits per heavy atom. The molecule has 2 heteroatoms. The first-order valence-corrected chi connectivity index (χ1v) is 14.0. The normalized spacial score (nSPS) is 58.7. The third-order valence-corrected chi connectivity index (χ3v) is 14.1. The van der Waals surface area contributed by atoms with Gasteiger partial charge in [-0.05, 0) is 120 Å². The molecule has 0 spiro atoms. The molecule has 10 atom stereocenters. The van der Waals surface area contributed by atoms with Crippen molar-refractivity contribution in [2.75, 3.05) is 0 Å². The van der Waals surface area contributed by atoms with Crippen molar-refractivity contribution in [2.45, 2.75) is 132 Å². The molecule has 0 aromatic carbocycles. The van der Waals surface area contributed by atoms with Crippen molar-refractivity contribution in [2.24, 2.45) is 56.2 Å². The number of hydrogen-bond donors (Lipinski definition) is 2. The molecular formula is C30H52O2. The molecule has 184 valence electrons. The van der Waals surface area contributed by atoms with Crippen LogP contribution >= 0.6 is 0 Å². The Hall–Kier alpha value is -0.0800. The number of aliphatic hydroxyl groups excluding tert-OH is 2. The summed E-state index contributed by atoms with van der Waals surface area (Å²) in [6.45, 7) is 20.1. The van der Waals surface area contributed by atoms with Gasteiger partial charge >= 0.3 is 0 Å². The predicted molar refractivity (Wildman–Crippen MR) is 132 cm³/mol. The van der Waals surface area contributed by atoms with Gasteiger partial charge in [0.15, 0.2) is 0 Å². The van der Waals surface area contributed by atoms with Crippen molar-refractivity contribution in [1.29, 1.82) is 0 Å². The lowest BCUT2D eigenvalue weighted by Gasteiger charge is -2.75. The number of fused-ring (bicyclic) bond motifs is 7. The Bertz CT molecular complexity index is 707. The summed E-state index contributed by atoms with van der Waals surface area (Å²) in [7, 11) is 0. The van der Waals surface area contributed by atoms with Gasteiger partial charge in [0.2, 0.25) is 0 Å². The lowest BCUT2D eigenvalue weighted by atomic mass is 9.30. The van der Waals surface area contributed by atoms with Gasteiger partial charge in [-0.1, -0.05) is 55.4 Å². The van der Waals surface area contributed by atoms with Gasteiger partial charge in [0.1, 0.15) is 0 Å². The molecule has 5 rings (SSSR count). The third kappa shape index (κ3) is 2.61. The SMILES string of the molecule is CC1(C)[C@@H](O)CC[C@]2(C)[C@H]3CC[C@@H]4[C@@]5(C)CC[C@H](O)C(C)(C)[C@@H]5CC[C@@]4(C)[C@]3(C)CC[C@@H]12. The van der Waals surface area contributed by atoms with Crippen LogP contribution in [0.2, 0.25) is 0 Å². The van der Waals surface area contributed by atoms with E-state index in [-0.39, 0.29) is 23.0 Å². The minimum atomic E-state index is -0.137. The van der Waals surface area contributed by atoms with E-state index in [1.54, 1.807) is 0 Å². The number of hydrogen-bond acceptors (Lipinski definition) is 2. The quantitative estimate of drug-likeness (QED) is 0.414. The van der Waals surface area contributed by atoms with E-state index >= 15 is 0 Å². The van der Waals surface area contributed by atoms with E-state index in [1.165, 1.54) is 51.4 Å². The van der Waals surface area contributed by atoms with Crippen molar-refractivity contribution in [1.82, 2.24) is 0 Å². The summed E-state index contributed by atoms with van der Waals surface area (Å²) in [6, 6.07) is 0. The minimum Gasteiger partial charge on any atom is -0.393 e. The molecule has 5 saturated carbocycles. The maximum atomic E-state index is 10.9. The predicted octanol–water partition coefficient (Wildman–Crippen LogP) is 7.22. The van der Waals surface area contributed by atoms with Crippen molar-refractivity contribution >= 4 is 0 Å².